The molecule has 2 aromatic rings. The van der Waals surface area contributed by atoms with Gasteiger partial charge in [0, 0.05) is 5.69 Å². The van der Waals surface area contributed by atoms with E-state index in [0.717, 1.165) is 11.4 Å². The Kier molecular flexibility index (Phi) is 4.24. The molecule has 0 saturated carbocycles. The molecule has 0 unspecified atom stereocenters. The third kappa shape index (κ3) is 3.36. The summed E-state index contributed by atoms with van der Waals surface area (Å²) in [6.07, 6.45) is 1.79. The van der Waals surface area contributed by atoms with E-state index in [1.54, 1.807) is 30.6 Å². The van der Waals surface area contributed by atoms with Gasteiger partial charge in [0.2, 0.25) is 0 Å². The van der Waals surface area contributed by atoms with E-state index >= 15 is 0 Å². The molecule has 19 heavy (non-hydrogen) atoms. The lowest BCUT2D eigenvalue weighted by molar-refractivity contribution is 0.297. The van der Waals surface area contributed by atoms with Gasteiger partial charge in [-0.1, -0.05) is 12.1 Å². The molecule has 1 heterocycles. The number of aromatic nitrogens is 2. The predicted molar refractivity (Wildman–Crippen MR) is 73.5 cm³/mol. The van der Waals surface area contributed by atoms with E-state index in [2.05, 4.69) is 4.98 Å². The summed E-state index contributed by atoms with van der Waals surface area (Å²) < 4.78 is 7.62. The topological polar surface area (TPSA) is 67.5 Å². The van der Waals surface area contributed by atoms with Crippen molar-refractivity contribution < 1.29 is 14.8 Å². The maximum Gasteiger partial charge on any atom is 0.488 e. The second-order valence-electron chi connectivity index (χ2n) is 4.40. The van der Waals surface area contributed by atoms with Crippen LogP contribution in [-0.2, 0) is 6.54 Å². The molecule has 0 spiro atoms. The van der Waals surface area contributed by atoms with Gasteiger partial charge in [-0.2, -0.15) is 0 Å². The Bertz CT molecular complexity index is 555. The van der Waals surface area contributed by atoms with E-state index in [1.807, 2.05) is 18.4 Å². The highest BCUT2D eigenvalue weighted by molar-refractivity contribution is 6.58. The first-order chi connectivity index (χ1) is 9.08. The summed E-state index contributed by atoms with van der Waals surface area (Å²) in [5, 5.41) is 18.2. The van der Waals surface area contributed by atoms with Crippen molar-refractivity contribution >= 4 is 12.6 Å². The lowest BCUT2D eigenvalue weighted by atomic mass is 9.80. The highest BCUT2D eigenvalue weighted by Gasteiger charge is 2.11. The fourth-order valence-corrected chi connectivity index (χ4v) is 1.80. The highest BCUT2D eigenvalue weighted by atomic mass is 16.5. The Hall–Kier alpha value is -1.79. The van der Waals surface area contributed by atoms with Crippen molar-refractivity contribution in [2.24, 2.45) is 0 Å². The van der Waals surface area contributed by atoms with Crippen LogP contribution in [0.4, 0.5) is 0 Å². The minimum atomic E-state index is -1.47. The number of rotatable bonds is 5. The van der Waals surface area contributed by atoms with Crippen molar-refractivity contribution in [3.8, 4) is 5.75 Å². The van der Waals surface area contributed by atoms with Crippen molar-refractivity contribution in [2.75, 3.05) is 6.61 Å². The minimum Gasteiger partial charge on any atom is -0.492 e. The zero-order chi connectivity index (χ0) is 13.8. The van der Waals surface area contributed by atoms with E-state index in [-0.39, 0.29) is 0 Å². The number of benzene rings is 1. The Balaban J connectivity index is 1.92. The molecule has 0 saturated heterocycles. The second-order valence-corrected chi connectivity index (χ2v) is 4.40. The van der Waals surface area contributed by atoms with Crippen LogP contribution in [0.3, 0.4) is 0 Å². The molecule has 6 heteroatoms. The van der Waals surface area contributed by atoms with Crippen molar-refractivity contribution in [1.29, 1.82) is 0 Å². The Morgan fingerprint density at radius 3 is 2.74 bits per heavy atom. The molecule has 0 aliphatic carbocycles. The number of aryl methyl sites for hydroxylation is 1. The Morgan fingerprint density at radius 1 is 1.32 bits per heavy atom. The summed E-state index contributed by atoms with van der Waals surface area (Å²) in [6, 6.07) is 6.78. The largest absolute Gasteiger partial charge is 0.492 e. The second kappa shape index (κ2) is 5.90. The van der Waals surface area contributed by atoms with Crippen molar-refractivity contribution in [3.63, 3.8) is 0 Å². The summed E-state index contributed by atoms with van der Waals surface area (Å²) in [4.78, 5) is 4.22. The Labute approximate surface area is 112 Å². The maximum atomic E-state index is 9.08. The van der Waals surface area contributed by atoms with Gasteiger partial charge in [-0.05, 0) is 31.4 Å². The number of nitrogens with zero attached hydrogens (tertiary/aromatic N) is 2. The fraction of sp³-hybridized carbons (Fsp3) is 0.308. The molecular weight excluding hydrogens is 243 g/mol. The molecule has 0 bridgehead atoms. The first-order valence-electron chi connectivity index (χ1n) is 6.15. The SMILES string of the molecule is Cc1ncn(CCOc2cccc(B(O)O)c2)c1C. The standard InChI is InChI=1S/C13H17BN2O3/c1-10-11(2)16(9-15-10)6-7-19-13-5-3-4-12(8-13)14(17)18/h3-5,8-9,17-18H,6-7H2,1-2H3. The van der Waals surface area contributed by atoms with Crippen LogP contribution >= 0.6 is 0 Å². The molecule has 100 valence electrons. The van der Waals surface area contributed by atoms with Gasteiger partial charge < -0.3 is 19.4 Å². The molecule has 0 fully saturated rings. The molecule has 1 aromatic heterocycles. The van der Waals surface area contributed by atoms with E-state index < -0.39 is 7.12 Å². The lowest BCUT2D eigenvalue weighted by Gasteiger charge is -2.09. The summed E-state index contributed by atoms with van der Waals surface area (Å²) in [5.74, 6) is 0.625. The average Bonchev–Trinajstić information content (AvgIpc) is 2.71. The smallest absolute Gasteiger partial charge is 0.488 e. The van der Waals surface area contributed by atoms with E-state index in [9.17, 15) is 0 Å². The van der Waals surface area contributed by atoms with Crippen LogP contribution in [0.5, 0.6) is 5.75 Å². The molecule has 1 aromatic carbocycles. The minimum absolute atomic E-state index is 0.423. The third-order valence-electron chi connectivity index (χ3n) is 3.10. The summed E-state index contributed by atoms with van der Waals surface area (Å²) >= 11 is 0. The number of hydrogen-bond acceptors (Lipinski definition) is 4. The molecule has 0 aliphatic heterocycles. The van der Waals surface area contributed by atoms with Crippen LogP contribution in [0.1, 0.15) is 11.4 Å². The first kappa shape index (κ1) is 13.6. The van der Waals surface area contributed by atoms with Crippen molar-refractivity contribution in [2.45, 2.75) is 20.4 Å². The van der Waals surface area contributed by atoms with E-state index in [1.165, 1.54) is 0 Å². The number of imidazole rings is 1. The van der Waals surface area contributed by atoms with Crippen LogP contribution < -0.4 is 10.2 Å². The van der Waals surface area contributed by atoms with Gasteiger partial charge in [0.25, 0.3) is 0 Å². The molecule has 0 atom stereocenters. The van der Waals surface area contributed by atoms with Gasteiger partial charge in [-0.25, -0.2) is 4.98 Å². The zero-order valence-corrected chi connectivity index (χ0v) is 11.1. The normalized spacial score (nSPS) is 10.5. The average molecular weight is 260 g/mol. The van der Waals surface area contributed by atoms with E-state index in [0.29, 0.717) is 24.4 Å². The van der Waals surface area contributed by atoms with Crippen LogP contribution in [-0.4, -0.2) is 33.3 Å². The lowest BCUT2D eigenvalue weighted by Crippen LogP contribution is -2.29. The number of ether oxygens (including phenoxy) is 1. The molecule has 2 N–H and O–H groups in total. The van der Waals surface area contributed by atoms with Gasteiger partial charge in [0.05, 0.1) is 18.6 Å². The quantitative estimate of drug-likeness (QED) is 0.757. The summed E-state index contributed by atoms with van der Waals surface area (Å²) in [7, 11) is -1.47. The van der Waals surface area contributed by atoms with Crippen molar-refractivity contribution in [3.05, 3.63) is 42.0 Å². The van der Waals surface area contributed by atoms with Crippen LogP contribution in [0.15, 0.2) is 30.6 Å². The van der Waals surface area contributed by atoms with Gasteiger partial charge in [-0.15, -0.1) is 0 Å². The predicted octanol–water partition coefficient (Wildman–Crippen LogP) is 0.259. The molecule has 0 radical (unpaired) electrons. The number of hydrogen-bond donors (Lipinski definition) is 2. The van der Waals surface area contributed by atoms with Gasteiger partial charge in [-0.3, -0.25) is 0 Å². The highest BCUT2D eigenvalue weighted by Crippen LogP contribution is 2.09. The van der Waals surface area contributed by atoms with E-state index in [4.69, 9.17) is 14.8 Å². The van der Waals surface area contributed by atoms with Gasteiger partial charge in [0.15, 0.2) is 0 Å². The van der Waals surface area contributed by atoms with Crippen LogP contribution in [0.2, 0.25) is 0 Å². The van der Waals surface area contributed by atoms with Gasteiger partial charge in [0.1, 0.15) is 12.4 Å². The fourth-order valence-electron chi connectivity index (χ4n) is 1.80. The molecule has 0 amide bonds. The van der Waals surface area contributed by atoms with Crippen LogP contribution in [0.25, 0.3) is 0 Å². The third-order valence-corrected chi connectivity index (χ3v) is 3.10. The molecule has 0 aliphatic rings. The van der Waals surface area contributed by atoms with Crippen molar-refractivity contribution in [1.82, 2.24) is 9.55 Å². The Morgan fingerprint density at radius 2 is 2.11 bits per heavy atom. The summed E-state index contributed by atoms with van der Waals surface area (Å²) in [6.45, 7) is 5.20. The summed E-state index contributed by atoms with van der Waals surface area (Å²) in [5.41, 5.74) is 2.57. The molecule has 5 nitrogen and oxygen atoms in total. The van der Waals surface area contributed by atoms with Crippen LogP contribution in [0, 0.1) is 13.8 Å². The first-order valence-corrected chi connectivity index (χ1v) is 6.15. The molecular formula is C13H17BN2O3. The monoisotopic (exact) mass is 260 g/mol. The zero-order valence-electron chi connectivity index (χ0n) is 11.1. The molecule has 2 rings (SSSR count). The maximum absolute atomic E-state index is 9.08. The van der Waals surface area contributed by atoms with Gasteiger partial charge >= 0.3 is 7.12 Å².